The lowest BCUT2D eigenvalue weighted by Crippen LogP contribution is -2.15. The molecule has 2 aromatic carbocycles. The summed E-state index contributed by atoms with van der Waals surface area (Å²) in [6.45, 7) is 4.01. The molecule has 144 valence electrons. The van der Waals surface area contributed by atoms with E-state index in [-0.39, 0.29) is 24.8 Å². The summed E-state index contributed by atoms with van der Waals surface area (Å²) in [6, 6.07) is 16.8. The summed E-state index contributed by atoms with van der Waals surface area (Å²) in [5.74, 6) is 0.267. The highest BCUT2D eigenvalue weighted by Crippen LogP contribution is 2.24. The molecule has 0 radical (unpaired) electrons. The highest BCUT2D eigenvalue weighted by molar-refractivity contribution is 7.17. The van der Waals surface area contributed by atoms with Gasteiger partial charge >= 0.3 is 0 Å². The highest BCUT2D eigenvalue weighted by atomic mass is 32.1. The molecule has 0 aliphatic carbocycles. The molecule has 0 aliphatic heterocycles. The first-order valence-corrected chi connectivity index (χ1v) is 9.66. The second-order valence-corrected chi connectivity index (χ2v) is 7.21. The van der Waals surface area contributed by atoms with Gasteiger partial charge in [-0.25, -0.2) is 4.98 Å². The summed E-state index contributed by atoms with van der Waals surface area (Å²) in [4.78, 5) is 29.3. The molecule has 3 rings (SSSR count). The monoisotopic (exact) mass is 395 g/mol. The van der Waals surface area contributed by atoms with Crippen molar-refractivity contribution in [1.29, 1.82) is 0 Å². The molecule has 2 amide bonds. The Labute approximate surface area is 167 Å². The molecule has 0 saturated carbocycles. The summed E-state index contributed by atoms with van der Waals surface area (Å²) in [5.41, 5.74) is 2.43. The second kappa shape index (κ2) is 9.14. The fourth-order valence-corrected chi connectivity index (χ4v) is 3.33. The van der Waals surface area contributed by atoms with Crippen molar-refractivity contribution in [2.45, 2.75) is 20.3 Å². The summed E-state index contributed by atoms with van der Waals surface area (Å²) in [5, 5.41) is 5.95. The number of para-hydroxylation sites is 1. The first-order chi connectivity index (χ1) is 13.5. The standard InChI is InChI=1S/C21H21N3O3S/c1-14-8-10-17(11-9-14)27-13-12-18(25)24-21-22-15(2)19(28-21)20(26)23-16-6-4-3-5-7-16/h3-11H,12-13H2,1-2H3,(H,23,26)(H,22,24,25). The van der Waals surface area contributed by atoms with Crippen molar-refractivity contribution >= 4 is 34.0 Å². The third kappa shape index (κ3) is 5.40. The van der Waals surface area contributed by atoms with Crippen molar-refractivity contribution in [2.24, 2.45) is 0 Å². The number of hydrogen-bond donors (Lipinski definition) is 2. The predicted octanol–water partition coefficient (Wildman–Crippen LogP) is 4.42. The van der Waals surface area contributed by atoms with Gasteiger partial charge in [0.2, 0.25) is 5.91 Å². The van der Waals surface area contributed by atoms with E-state index < -0.39 is 0 Å². The molecule has 1 heterocycles. The van der Waals surface area contributed by atoms with Crippen LogP contribution in [0.2, 0.25) is 0 Å². The summed E-state index contributed by atoms with van der Waals surface area (Å²) in [7, 11) is 0. The molecule has 2 N–H and O–H groups in total. The van der Waals surface area contributed by atoms with Crippen molar-refractivity contribution < 1.29 is 14.3 Å². The zero-order valence-electron chi connectivity index (χ0n) is 15.7. The Morgan fingerprint density at radius 2 is 1.71 bits per heavy atom. The van der Waals surface area contributed by atoms with Gasteiger partial charge in [-0.3, -0.25) is 9.59 Å². The molecular formula is C21H21N3O3S. The van der Waals surface area contributed by atoms with Gasteiger partial charge in [0.05, 0.1) is 18.7 Å². The van der Waals surface area contributed by atoms with E-state index in [9.17, 15) is 9.59 Å². The van der Waals surface area contributed by atoms with Crippen molar-refractivity contribution in [2.75, 3.05) is 17.2 Å². The number of amides is 2. The van der Waals surface area contributed by atoms with Crippen LogP contribution in [-0.4, -0.2) is 23.4 Å². The van der Waals surface area contributed by atoms with Gasteiger partial charge in [-0.2, -0.15) is 0 Å². The largest absolute Gasteiger partial charge is 0.493 e. The van der Waals surface area contributed by atoms with Gasteiger partial charge in [0.1, 0.15) is 10.6 Å². The predicted molar refractivity (Wildman–Crippen MR) is 111 cm³/mol. The Hall–Kier alpha value is -3.19. The number of aromatic nitrogens is 1. The van der Waals surface area contributed by atoms with Crippen LogP contribution < -0.4 is 15.4 Å². The number of hydrogen-bond acceptors (Lipinski definition) is 5. The maximum atomic E-state index is 12.4. The van der Waals surface area contributed by atoms with Crippen LogP contribution in [0.25, 0.3) is 0 Å². The molecule has 0 spiro atoms. The average molecular weight is 395 g/mol. The number of nitrogens with zero attached hydrogens (tertiary/aromatic N) is 1. The molecule has 1 aromatic heterocycles. The molecule has 0 saturated heterocycles. The summed E-state index contributed by atoms with van der Waals surface area (Å²) >= 11 is 1.15. The Morgan fingerprint density at radius 3 is 2.43 bits per heavy atom. The quantitative estimate of drug-likeness (QED) is 0.621. The number of aryl methyl sites for hydroxylation is 2. The first-order valence-electron chi connectivity index (χ1n) is 8.84. The zero-order valence-corrected chi connectivity index (χ0v) is 16.5. The number of carbonyl (C=O) groups is 2. The Morgan fingerprint density at radius 1 is 1.00 bits per heavy atom. The molecule has 0 unspecified atom stereocenters. The zero-order chi connectivity index (χ0) is 19.9. The summed E-state index contributed by atoms with van der Waals surface area (Å²) < 4.78 is 5.56. The molecule has 6 nitrogen and oxygen atoms in total. The van der Waals surface area contributed by atoms with Crippen LogP contribution in [-0.2, 0) is 4.79 Å². The number of carbonyl (C=O) groups excluding carboxylic acids is 2. The minimum atomic E-state index is -0.246. The molecule has 3 aromatic rings. The van der Waals surface area contributed by atoms with Crippen LogP contribution >= 0.6 is 11.3 Å². The normalized spacial score (nSPS) is 10.4. The van der Waals surface area contributed by atoms with Crippen molar-refractivity contribution in [1.82, 2.24) is 4.98 Å². The average Bonchev–Trinajstić information content (AvgIpc) is 3.04. The smallest absolute Gasteiger partial charge is 0.267 e. The van der Waals surface area contributed by atoms with Crippen LogP contribution in [0.15, 0.2) is 54.6 Å². The fraction of sp³-hybridized carbons (Fsp3) is 0.190. The molecule has 0 fully saturated rings. The number of ether oxygens (including phenoxy) is 1. The van der Waals surface area contributed by atoms with E-state index in [1.165, 1.54) is 0 Å². The van der Waals surface area contributed by atoms with E-state index in [0.29, 0.717) is 21.4 Å². The van der Waals surface area contributed by atoms with Crippen molar-refractivity contribution in [3.63, 3.8) is 0 Å². The number of anilines is 2. The van der Waals surface area contributed by atoms with Crippen LogP contribution in [0.3, 0.4) is 0 Å². The van der Waals surface area contributed by atoms with Gasteiger partial charge in [-0.1, -0.05) is 47.2 Å². The van der Waals surface area contributed by atoms with E-state index >= 15 is 0 Å². The van der Waals surface area contributed by atoms with Gasteiger partial charge in [0.25, 0.3) is 5.91 Å². The van der Waals surface area contributed by atoms with E-state index in [2.05, 4.69) is 15.6 Å². The fourth-order valence-electron chi connectivity index (χ4n) is 2.45. The van der Waals surface area contributed by atoms with Crippen LogP contribution in [0.5, 0.6) is 5.75 Å². The second-order valence-electron chi connectivity index (χ2n) is 6.21. The van der Waals surface area contributed by atoms with Crippen LogP contribution in [0, 0.1) is 13.8 Å². The van der Waals surface area contributed by atoms with Crippen molar-refractivity contribution in [3.05, 3.63) is 70.7 Å². The number of benzene rings is 2. The van der Waals surface area contributed by atoms with E-state index in [1.807, 2.05) is 61.5 Å². The Balaban J connectivity index is 1.51. The minimum absolute atomic E-state index is 0.193. The number of nitrogens with one attached hydrogen (secondary N) is 2. The van der Waals surface area contributed by atoms with E-state index in [1.54, 1.807) is 6.92 Å². The molecular weight excluding hydrogens is 374 g/mol. The molecule has 0 aliphatic rings. The third-order valence-corrected chi connectivity index (χ3v) is 4.97. The Kier molecular flexibility index (Phi) is 6.39. The van der Waals surface area contributed by atoms with Crippen molar-refractivity contribution in [3.8, 4) is 5.75 Å². The molecule has 0 atom stereocenters. The molecule has 7 heteroatoms. The van der Waals surface area contributed by atoms with Gasteiger partial charge in [-0.15, -0.1) is 0 Å². The highest BCUT2D eigenvalue weighted by Gasteiger charge is 2.16. The SMILES string of the molecule is Cc1ccc(OCCC(=O)Nc2nc(C)c(C(=O)Nc3ccccc3)s2)cc1. The van der Waals surface area contributed by atoms with Crippen LogP contribution in [0.4, 0.5) is 10.8 Å². The lowest BCUT2D eigenvalue weighted by Gasteiger charge is -2.06. The van der Waals surface area contributed by atoms with E-state index in [4.69, 9.17) is 4.74 Å². The number of thiazole rings is 1. The lowest BCUT2D eigenvalue weighted by atomic mass is 10.2. The van der Waals surface area contributed by atoms with Gasteiger partial charge in [0.15, 0.2) is 5.13 Å². The Bertz CT molecular complexity index is 953. The van der Waals surface area contributed by atoms with Gasteiger partial charge < -0.3 is 15.4 Å². The number of rotatable bonds is 7. The topological polar surface area (TPSA) is 80.3 Å². The maximum absolute atomic E-state index is 12.4. The van der Waals surface area contributed by atoms with Gasteiger partial charge in [0, 0.05) is 5.69 Å². The first kappa shape index (κ1) is 19.6. The molecule has 28 heavy (non-hydrogen) atoms. The third-order valence-electron chi connectivity index (χ3n) is 3.90. The maximum Gasteiger partial charge on any atom is 0.267 e. The van der Waals surface area contributed by atoms with E-state index in [0.717, 1.165) is 22.6 Å². The molecule has 0 bridgehead atoms. The van der Waals surface area contributed by atoms with Gasteiger partial charge in [-0.05, 0) is 38.1 Å². The minimum Gasteiger partial charge on any atom is -0.493 e. The lowest BCUT2D eigenvalue weighted by molar-refractivity contribution is -0.116. The summed E-state index contributed by atoms with van der Waals surface area (Å²) in [6.07, 6.45) is 0.193. The van der Waals surface area contributed by atoms with Crippen LogP contribution in [0.1, 0.15) is 27.3 Å².